The molecule has 2 rings (SSSR count). The predicted octanol–water partition coefficient (Wildman–Crippen LogP) is 2.58. The van der Waals surface area contributed by atoms with Crippen LogP contribution in [0, 0.1) is 0 Å². The number of hydrogen-bond donors (Lipinski definition) is 0. The van der Waals surface area contributed by atoms with Gasteiger partial charge in [-0.15, -0.1) is 0 Å². The lowest BCUT2D eigenvalue weighted by molar-refractivity contribution is -0.0500. The summed E-state index contributed by atoms with van der Waals surface area (Å²) < 4.78 is 68.9. The number of methoxy groups -OCH3 is 1. The minimum atomic E-state index is -5.86. The van der Waals surface area contributed by atoms with Crippen LogP contribution in [-0.4, -0.2) is 27.0 Å². The minimum absolute atomic E-state index is 0.307. The highest BCUT2D eigenvalue weighted by atomic mass is 32.2. The normalized spacial score (nSPS) is 15.1. The Labute approximate surface area is 125 Å². The fourth-order valence-electron chi connectivity index (χ4n) is 2.32. The molecule has 0 N–H and O–H groups in total. The number of aryl methyl sites for hydroxylation is 1. The molecule has 0 aromatic heterocycles. The number of hydrogen-bond acceptors (Lipinski definition) is 5. The highest BCUT2D eigenvalue weighted by Crippen LogP contribution is 2.36. The molecule has 0 heterocycles. The first kappa shape index (κ1) is 16.6. The molecule has 0 bridgehead atoms. The summed E-state index contributed by atoms with van der Waals surface area (Å²) in [6, 6.07) is 2.80. The van der Waals surface area contributed by atoms with Gasteiger partial charge in [-0.3, -0.25) is 0 Å². The Morgan fingerprint density at radius 1 is 1.18 bits per heavy atom. The summed E-state index contributed by atoms with van der Waals surface area (Å²) in [6.07, 6.45) is 2.41. The van der Waals surface area contributed by atoms with Crippen molar-refractivity contribution in [1.29, 1.82) is 0 Å². The molecule has 0 radical (unpaired) electrons. The molecule has 5 nitrogen and oxygen atoms in total. The number of carbonyl (C=O) groups excluding carboxylic acids is 1. The van der Waals surface area contributed by atoms with Crippen LogP contribution in [0.3, 0.4) is 0 Å². The second kappa shape index (κ2) is 5.79. The molecule has 0 unspecified atom stereocenters. The number of rotatable bonds is 3. The summed E-state index contributed by atoms with van der Waals surface area (Å²) in [5.74, 6) is -1.54. The van der Waals surface area contributed by atoms with Crippen molar-refractivity contribution in [1.82, 2.24) is 0 Å². The zero-order chi connectivity index (χ0) is 16.5. The van der Waals surface area contributed by atoms with Gasteiger partial charge in [0.05, 0.1) is 7.11 Å². The Balaban J connectivity index is 2.58. The maximum absolute atomic E-state index is 12.5. The summed E-state index contributed by atoms with van der Waals surface area (Å²) in [5.41, 5.74) is -4.93. The summed E-state index contributed by atoms with van der Waals surface area (Å²) in [6.45, 7) is 0. The molecule has 0 aliphatic heterocycles. The van der Waals surface area contributed by atoms with Gasteiger partial charge in [-0.25, -0.2) is 4.79 Å². The Morgan fingerprint density at radius 3 is 2.41 bits per heavy atom. The van der Waals surface area contributed by atoms with E-state index in [9.17, 15) is 26.4 Å². The van der Waals surface area contributed by atoms with Crippen molar-refractivity contribution in [2.45, 2.75) is 31.2 Å². The third kappa shape index (κ3) is 3.03. The number of benzene rings is 1. The largest absolute Gasteiger partial charge is 0.534 e. The van der Waals surface area contributed by atoms with E-state index >= 15 is 0 Å². The topological polar surface area (TPSA) is 69.7 Å². The van der Waals surface area contributed by atoms with E-state index in [-0.39, 0.29) is 5.56 Å². The summed E-state index contributed by atoms with van der Waals surface area (Å²) in [4.78, 5) is 11.7. The smallest absolute Gasteiger partial charge is 0.465 e. The Hall–Kier alpha value is -1.77. The van der Waals surface area contributed by atoms with E-state index in [0.717, 1.165) is 13.5 Å². The van der Waals surface area contributed by atoms with Crippen LogP contribution in [0.25, 0.3) is 0 Å². The standard InChI is InChI=1S/C13H13F3O5S/c1-20-12(17)10-7-6-8-4-2-3-5-9(8)11(10)21-22(18,19)13(14,15)16/h6-7H,2-5H2,1H3. The van der Waals surface area contributed by atoms with Crippen LogP contribution in [-0.2, 0) is 27.7 Å². The van der Waals surface area contributed by atoms with Gasteiger partial charge in [-0.05, 0) is 37.3 Å². The molecular formula is C13H13F3O5S. The fraction of sp³-hybridized carbons (Fsp3) is 0.462. The van der Waals surface area contributed by atoms with Gasteiger partial charge < -0.3 is 8.92 Å². The molecule has 0 saturated heterocycles. The number of halogens is 3. The van der Waals surface area contributed by atoms with E-state index in [2.05, 4.69) is 8.92 Å². The second-order valence-corrected chi connectivity index (χ2v) is 6.30. The molecule has 0 fully saturated rings. The van der Waals surface area contributed by atoms with Crippen molar-refractivity contribution in [3.8, 4) is 5.75 Å². The second-order valence-electron chi connectivity index (χ2n) is 4.76. The monoisotopic (exact) mass is 338 g/mol. The molecule has 0 spiro atoms. The van der Waals surface area contributed by atoms with Crippen LogP contribution in [0.5, 0.6) is 5.75 Å². The maximum Gasteiger partial charge on any atom is 0.534 e. The van der Waals surface area contributed by atoms with Gasteiger partial charge in [0.1, 0.15) is 5.56 Å². The highest BCUT2D eigenvalue weighted by Gasteiger charge is 2.49. The van der Waals surface area contributed by atoms with E-state index < -0.39 is 27.3 Å². The van der Waals surface area contributed by atoms with Gasteiger partial charge in [-0.1, -0.05) is 6.07 Å². The van der Waals surface area contributed by atoms with Crippen molar-refractivity contribution < 1.29 is 35.3 Å². The average Bonchev–Trinajstić information content (AvgIpc) is 2.45. The predicted molar refractivity (Wildman–Crippen MR) is 70.0 cm³/mol. The van der Waals surface area contributed by atoms with E-state index in [0.29, 0.717) is 30.4 Å². The zero-order valence-corrected chi connectivity index (χ0v) is 12.4. The first-order valence-electron chi connectivity index (χ1n) is 6.41. The lowest BCUT2D eigenvalue weighted by Gasteiger charge is -2.21. The maximum atomic E-state index is 12.5. The van der Waals surface area contributed by atoms with Crippen LogP contribution in [0.1, 0.15) is 34.3 Å². The summed E-state index contributed by atoms with van der Waals surface area (Å²) >= 11 is 0. The van der Waals surface area contributed by atoms with Gasteiger partial charge in [0.25, 0.3) is 0 Å². The van der Waals surface area contributed by atoms with Crippen molar-refractivity contribution in [2.75, 3.05) is 7.11 Å². The Bertz CT molecular complexity index is 694. The first-order chi connectivity index (χ1) is 10.2. The fourth-order valence-corrected chi connectivity index (χ4v) is 2.82. The number of carbonyl (C=O) groups is 1. The number of alkyl halides is 3. The summed E-state index contributed by atoms with van der Waals surface area (Å²) in [5, 5.41) is 0. The minimum Gasteiger partial charge on any atom is -0.465 e. The summed E-state index contributed by atoms with van der Waals surface area (Å²) in [7, 11) is -4.81. The van der Waals surface area contributed by atoms with Crippen LogP contribution >= 0.6 is 0 Å². The lowest BCUT2D eigenvalue weighted by Crippen LogP contribution is -2.29. The van der Waals surface area contributed by atoms with E-state index in [1.54, 1.807) is 6.07 Å². The van der Waals surface area contributed by atoms with Crippen LogP contribution in [0.4, 0.5) is 13.2 Å². The van der Waals surface area contributed by atoms with Crippen molar-refractivity contribution in [2.24, 2.45) is 0 Å². The third-order valence-corrected chi connectivity index (χ3v) is 4.32. The molecule has 9 heteroatoms. The molecular weight excluding hydrogens is 325 g/mol. The van der Waals surface area contributed by atoms with Gasteiger partial charge in [0.2, 0.25) is 0 Å². The van der Waals surface area contributed by atoms with Gasteiger partial charge in [0, 0.05) is 5.56 Å². The SMILES string of the molecule is COC(=O)c1ccc2c(c1OS(=O)(=O)C(F)(F)F)CCCC2. The van der Waals surface area contributed by atoms with Crippen molar-refractivity contribution >= 4 is 16.1 Å². The third-order valence-electron chi connectivity index (χ3n) is 3.36. The molecule has 0 atom stereocenters. The molecule has 1 aromatic carbocycles. The van der Waals surface area contributed by atoms with E-state index in [1.807, 2.05) is 0 Å². The molecule has 1 aliphatic rings. The molecule has 122 valence electrons. The molecule has 1 aliphatic carbocycles. The number of esters is 1. The lowest BCUT2D eigenvalue weighted by atomic mass is 9.89. The van der Waals surface area contributed by atoms with E-state index in [4.69, 9.17) is 0 Å². The first-order valence-corrected chi connectivity index (χ1v) is 7.82. The van der Waals surface area contributed by atoms with Crippen molar-refractivity contribution in [3.63, 3.8) is 0 Å². The molecule has 0 saturated carbocycles. The van der Waals surface area contributed by atoms with Crippen LogP contribution in [0.2, 0.25) is 0 Å². The van der Waals surface area contributed by atoms with Gasteiger partial charge in [-0.2, -0.15) is 21.6 Å². The zero-order valence-electron chi connectivity index (χ0n) is 11.6. The molecule has 1 aromatic rings. The van der Waals surface area contributed by atoms with Gasteiger partial charge in [0.15, 0.2) is 5.75 Å². The molecule has 0 amide bonds. The quantitative estimate of drug-likeness (QED) is 0.481. The molecule has 22 heavy (non-hydrogen) atoms. The number of fused-ring (bicyclic) bond motifs is 1. The highest BCUT2D eigenvalue weighted by molar-refractivity contribution is 7.88. The average molecular weight is 338 g/mol. The van der Waals surface area contributed by atoms with E-state index in [1.165, 1.54) is 6.07 Å². The Morgan fingerprint density at radius 2 is 1.82 bits per heavy atom. The van der Waals surface area contributed by atoms with Gasteiger partial charge >= 0.3 is 21.6 Å². The number of ether oxygens (including phenoxy) is 1. The Kier molecular flexibility index (Phi) is 4.37. The van der Waals surface area contributed by atoms with Crippen LogP contribution < -0.4 is 4.18 Å². The van der Waals surface area contributed by atoms with Crippen molar-refractivity contribution in [3.05, 3.63) is 28.8 Å². The van der Waals surface area contributed by atoms with Crippen LogP contribution in [0.15, 0.2) is 12.1 Å².